The predicted molar refractivity (Wildman–Crippen MR) is 124 cm³/mol. The Labute approximate surface area is 185 Å². The van der Waals surface area contributed by atoms with Gasteiger partial charge in [0, 0.05) is 32.3 Å². The number of amides is 2. The fourth-order valence-corrected chi connectivity index (χ4v) is 2.83. The summed E-state index contributed by atoms with van der Waals surface area (Å²) in [5.41, 5.74) is -0.193. The molecule has 1 aromatic heterocycles. The number of carbonyl (C=O) groups excluding carboxylic acids is 2. The molecule has 0 aromatic carbocycles. The average molecular weight is 435 g/mol. The van der Waals surface area contributed by atoms with Gasteiger partial charge in [0.2, 0.25) is 5.91 Å². The second kappa shape index (κ2) is 12.1. The highest BCUT2D eigenvalue weighted by Crippen LogP contribution is 2.16. The third-order valence-electron chi connectivity index (χ3n) is 4.74. The molecule has 0 unspecified atom stereocenters. The molecule has 9 heteroatoms. The molecule has 0 saturated heterocycles. The van der Waals surface area contributed by atoms with Crippen molar-refractivity contribution in [3.8, 4) is 0 Å². The Balaban J connectivity index is 2.52. The number of rotatable bonds is 9. The molecule has 1 aromatic rings. The van der Waals surface area contributed by atoms with E-state index in [1.807, 2.05) is 53.7 Å². The Bertz CT molecular complexity index is 754. The monoisotopic (exact) mass is 434 g/mol. The molecule has 2 amide bonds. The fraction of sp³-hybridized carbons (Fsp3) is 0.636. The van der Waals surface area contributed by atoms with E-state index >= 15 is 0 Å². The van der Waals surface area contributed by atoms with Crippen LogP contribution in [0.3, 0.4) is 0 Å². The van der Waals surface area contributed by atoms with Gasteiger partial charge in [-0.1, -0.05) is 19.9 Å². The fourth-order valence-electron chi connectivity index (χ4n) is 2.83. The summed E-state index contributed by atoms with van der Waals surface area (Å²) >= 11 is 0. The van der Waals surface area contributed by atoms with Gasteiger partial charge in [-0.3, -0.25) is 9.79 Å². The summed E-state index contributed by atoms with van der Waals surface area (Å²) in [4.78, 5) is 32.9. The minimum atomic E-state index is -0.559. The molecule has 9 nitrogen and oxygen atoms in total. The number of hydrogen-bond donors (Lipinski definition) is 4. The van der Waals surface area contributed by atoms with Crippen LogP contribution >= 0.6 is 0 Å². The van der Waals surface area contributed by atoms with Crippen molar-refractivity contribution in [3.05, 3.63) is 23.9 Å². The zero-order valence-corrected chi connectivity index (χ0v) is 19.9. The largest absolute Gasteiger partial charge is 0.444 e. The van der Waals surface area contributed by atoms with Gasteiger partial charge in [0.25, 0.3) is 0 Å². The quantitative estimate of drug-likeness (QED) is 0.351. The van der Waals surface area contributed by atoms with Crippen LogP contribution in [0.25, 0.3) is 0 Å². The van der Waals surface area contributed by atoms with E-state index in [0.717, 1.165) is 18.5 Å². The van der Waals surface area contributed by atoms with Gasteiger partial charge in [-0.2, -0.15) is 0 Å². The lowest BCUT2D eigenvalue weighted by atomic mass is 9.93. The minimum Gasteiger partial charge on any atom is -0.444 e. The number of hydrogen-bond acceptors (Lipinski definition) is 5. The van der Waals surface area contributed by atoms with Crippen LogP contribution in [0.15, 0.2) is 23.2 Å². The molecule has 0 atom stereocenters. The normalized spacial score (nSPS) is 12.2. The van der Waals surface area contributed by atoms with Crippen molar-refractivity contribution in [3.63, 3.8) is 0 Å². The van der Waals surface area contributed by atoms with E-state index in [-0.39, 0.29) is 12.3 Å². The van der Waals surface area contributed by atoms with Crippen LogP contribution in [0.1, 0.15) is 59.6 Å². The van der Waals surface area contributed by atoms with Gasteiger partial charge in [-0.15, -0.1) is 0 Å². The van der Waals surface area contributed by atoms with Crippen LogP contribution in [0, 0.1) is 6.92 Å². The minimum absolute atomic E-state index is 0.135. The third kappa shape index (κ3) is 10.1. The van der Waals surface area contributed by atoms with E-state index in [0.29, 0.717) is 24.9 Å². The zero-order chi connectivity index (χ0) is 23.5. The molecule has 0 bridgehead atoms. The highest BCUT2D eigenvalue weighted by molar-refractivity contribution is 5.90. The molecule has 0 fully saturated rings. The lowest BCUT2D eigenvalue weighted by Crippen LogP contribution is -2.57. The summed E-state index contributed by atoms with van der Waals surface area (Å²) in [5.74, 6) is 0.958. The number of guanidine groups is 1. The van der Waals surface area contributed by atoms with Gasteiger partial charge in [0.05, 0.1) is 5.54 Å². The predicted octanol–water partition coefficient (Wildman–Crippen LogP) is 2.97. The summed E-state index contributed by atoms with van der Waals surface area (Å²) in [7, 11) is 1.66. The number of aryl methyl sites for hydroxylation is 1. The summed E-state index contributed by atoms with van der Waals surface area (Å²) in [6, 6.07) is 5.48. The Kier molecular flexibility index (Phi) is 10.2. The number of aliphatic imine (C=N–C) groups is 1. The molecule has 4 N–H and O–H groups in total. The number of aromatic nitrogens is 1. The van der Waals surface area contributed by atoms with Crippen molar-refractivity contribution < 1.29 is 14.3 Å². The standard InChI is InChI=1S/C22H38N6O3/c1-8-22(9-2,28-20(30)31-21(4,5)6)15-25-19(23-7)24-14-13-18(29)27-17-12-10-11-16(3)26-17/h10-12H,8-9,13-15H2,1-7H3,(H,28,30)(H2,23,24,25)(H,26,27,29). The van der Waals surface area contributed by atoms with Crippen LogP contribution in [0.5, 0.6) is 0 Å². The summed E-state index contributed by atoms with van der Waals surface area (Å²) in [5, 5.41) is 12.1. The SMILES string of the molecule is CCC(CC)(CNC(=NC)NCCC(=O)Nc1cccc(C)n1)NC(=O)OC(C)(C)C. The highest BCUT2D eigenvalue weighted by atomic mass is 16.6. The van der Waals surface area contributed by atoms with E-state index in [4.69, 9.17) is 4.74 Å². The molecule has 1 rings (SSSR count). The Morgan fingerprint density at radius 1 is 1.13 bits per heavy atom. The van der Waals surface area contributed by atoms with Gasteiger partial charge in [0.1, 0.15) is 11.4 Å². The van der Waals surface area contributed by atoms with Crippen molar-refractivity contribution in [1.82, 2.24) is 20.9 Å². The smallest absolute Gasteiger partial charge is 0.408 e. The summed E-state index contributed by atoms with van der Waals surface area (Å²) in [6.45, 7) is 12.3. The number of alkyl carbamates (subject to hydrolysis) is 1. The van der Waals surface area contributed by atoms with Gasteiger partial charge in [-0.05, 0) is 52.7 Å². The van der Waals surface area contributed by atoms with E-state index < -0.39 is 17.2 Å². The first-order chi connectivity index (χ1) is 14.5. The molecule has 0 spiro atoms. The number of pyridine rings is 1. The number of anilines is 1. The van der Waals surface area contributed by atoms with Crippen molar-refractivity contribution in [1.29, 1.82) is 0 Å². The van der Waals surface area contributed by atoms with Gasteiger partial charge >= 0.3 is 6.09 Å². The summed E-state index contributed by atoms with van der Waals surface area (Å²) < 4.78 is 5.40. The molecule has 0 aliphatic carbocycles. The topological polar surface area (TPSA) is 117 Å². The van der Waals surface area contributed by atoms with E-state index in [2.05, 4.69) is 31.2 Å². The molecule has 0 saturated carbocycles. The zero-order valence-electron chi connectivity index (χ0n) is 19.9. The molecular formula is C22H38N6O3. The maximum absolute atomic E-state index is 12.3. The molecule has 31 heavy (non-hydrogen) atoms. The maximum Gasteiger partial charge on any atom is 0.408 e. The van der Waals surface area contributed by atoms with Crippen molar-refractivity contribution in [2.75, 3.05) is 25.5 Å². The Morgan fingerprint density at radius 3 is 2.35 bits per heavy atom. The Hall–Kier alpha value is -2.84. The van der Waals surface area contributed by atoms with Gasteiger partial charge < -0.3 is 26.0 Å². The first-order valence-corrected chi connectivity index (χ1v) is 10.7. The molecule has 0 aliphatic heterocycles. The van der Waals surface area contributed by atoms with Crippen LogP contribution in [0.2, 0.25) is 0 Å². The molecule has 1 heterocycles. The van der Waals surface area contributed by atoms with Gasteiger partial charge in [0.15, 0.2) is 5.96 Å². The van der Waals surface area contributed by atoms with Crippen molar-refractivity contribution in [2.24, 2.45) is 4.99 Å². The van der Waals surface area contributed by atoms with Gasteiger partial charge in [-0.25, -0.2) is 9.78 Å². The van der Waals surface area contributed by atoms with Crippen molar-refractivity contribution >= 4 is 23.8 Å². The number of carbonyl (C=O) groups is 2. The molecule has 174 valence electrons. The van der Waals surface area contributed by atoms with E-state index in [1.165, 1.54) is 0 Å². The lowest BCUT2D eigenvalue weighted by molar-refractivity contribution is -0.116. The number of nitrogens with one attached hydrogen (secondary N) is 4. The van der Waals surface area contributed by atoms with E-state index in [9.17, 15) is 9.59 Å². The Morgan fingerprint density at radius 2 is 1.81 bits per heavy atom. The highest BCUT2D eigenvalue weighted by Gasteiger charge is 2.30. The molecule has 0 aliphatic rings. The number of ether oxygens (including phenoxy) is 1. The second-order valence-corrected chi connectivity index (χ2v) is 8.43. The second-order valence-electron chi connectivity index (χ2n) is 8.43. The van der Waals surface area contributed by atoms with E-state index in [1.54, 1.807) is 13.1 Å². The third-order valence-corrected chi connectivity index (χ3v) is 4.74. The van der Waals surface area contributed by atoms with Crippen molar-refractivity contribution in [2.45, 2.75) is 71.9 Å². The average Bonchev–Trinajstić information content (AvgIpc) is 2.68. The molecular weight excluding hydrogens is 396 g/mol. The summed E-state index contributed by atoms with van der Waals surface area (Å²) in [6.07, 6.45) is 1.26. The lowest BCUT2D eigenvalue weighted by Gasteiger charge is -2.34. The van der Waals surface area contributed by atoms with Crippen LogP contribution in [0.4, 0.5) is 10.6 Å². The first-order valence-electron chi connectivity index (χ1n) is 10.7. The van der Waals surface area contributed by atoms with Crippen LogP contribution < -0.4 is 21.3 Å². The van der Waals surface area contributed by atoms with Crippen LogP contribution in [-0.4, -0.2) is 54.2 Å². The van der Waals surface area contributed by atoms with Crippen LogP contribution in [-0.2, 0) is 9.53 Å². The number of nitrogens with zero attached hydrogens (tertiary/aromatic N) is 2. The molecule has 0 radical (unpaired) electrons. The first kappa shape index (κ1) is 26.2. The maximum atomic E-state index is 12.3.